The summed E-state index contributed by atoms with van der Waals surface area (Å²) in [6.07, 6.45) is -1.25. The highest BCUT2D eigenvalue weighted by atomic mass is 32.2. The van der Waals surface area contributed by atoms with Crippen molar-refractivity contribution in [1.29, 1.82) is 0 Å². The van der Waals surface area contributed by atoms with E-state index in [0.29, 0.717) is 17.7 Å². The molecule has 0 aliphatic carbocycles. The van der Waals surface area contributed by atoms with Crippen LogP contribution in [0.4, 0.5) is 24.5 Å². The van der Waals surface area contributed by atoms with E-state index in [2.05, 4.69) is 9.82 Å². The Morgan fingerprint density at radius 1 is 1.16 bits per heavy atom. The van der Waals surface area contributed by atoms with Crippen LogP contribution in [0.5, 0.6) is 0 Å². The number of nitrogens with zero attached hydrogens (tertiary/aromatic N) is 3. The fourth-order valence-electron chi connectivity index (χ4n) is 3.86. The zero-order chi connectivity index (χ0) is 23.3. The van der Waals surface area contributed by atoms with Gasteiger partial charge in [0.25, 0.3) is 10.0 Å². The number of carbonyl (C=O) groups excluding carboxylic acids is 1. The van der Waals surface area contributed by atoms with Crippen LogP contribution in [-0.2, 0) is 27.4 Å². The van der Waals surface area contributed by atoms with Crippen molar-refractivity contribution in [3.05, 3.63) is 66.0 Å². The SMILES string of the molecule is CC(=O)N1c2ccc(S(=O)(=O)Nc3cc(C(F)(F)F)ccc3-n3cccn3)cc2CC1C. The number of benzene rings is 2. The predicted octanol–water partition coefficient (Wildman–Crippen LogP) is 3.99. The molecule has 2 heterocycles. The van der Waals surface area contributed by atoms with Gasteiger partial charge in [-0.15, -0.1) is 0 Å². The van der Waals surface area contributed by atoms with Gasteiger partial charge in [-0.3, -0.25) is 9.52 Å². The largest absolute Gasteiger partial charge is 0.416 e. The van der Waals surface area contributed by atoms with E-state index in [0.717, 1.165) is 18.2 Å². The molecule has 168 valence electrons. The maximum absolute atomic E-state index is 13.3. The third-order valence-corrected chi connectivity index (χ3v) is 6.60. The molecule has 1 unspecified atom stereocenters. The molecule has 1 aromatic heterocycles. The second kappa shape index (κ2) is 7.66. The first-order valence-electron chi connectivity index (χ1n) is 9.64. The molecule has 0 radical (unpaired) electrons. The van der Waals surface area contributed by atoms with E-state index >= 15 is 0 Å². The number of halogens is 3. The van der Waals surface area contributed by atoms with Crippen molar-refractivity contribution in [3.63, 3.8) is 0 Å². The number of aromatic nitrogens is 2. The van der Waals surface area contributed by atoms with Crippen LogP contribution in [0, 0.1) is 0 Å². The third kappa shape index (κ3) is 3.95. The molecule has 0 bridgehead atoms. The molecule has 1 amide bonds. The summed E-state index contributed by atoms with van der Waals surface area (Å²) in [5, 5.41) is 3.99. The molecular weight excluding hydrogens is 445 g/mol. The van der Waals surface area contributed by atoms with E-state index in [-0.39, 0.29) is 28.2 Å². The molecule has 1 N–H and O–H groups in total. The molecule has 1 atom stereocenters. The lowest BCUT2D eigenvalue weighted by Gasteiger charge is -2.20. The number of hydrogen-bond acceptors (Lipinski definition) is 4. The average molecular weight is 464 g/mol. The highest BCUT2D eigenvalue weighted by molar-refractivity contribution is 7.92. The minimum Gasteiger partial charge on any atom is -0.309 e. The van der Waals surface area contributed by atoms with Gasteiger partial charge >= 0.3 is 6.18 Å². The minimum absolute atomic E-state index is 0.113. The molecule has 2 aromatic carbocycles. The van der Waals surface area contributed by atoms with E-state index < -0.39 is 21.8 Å². The zero-order valence-electron chi connectivity index (χ0n) is 17.1. The monoisotopic (exact) mass is 464 g/mol. The van der Waals surface area contributed by atoms with Crippen LogP contribution < -0.4 is 9.62 Å². The first-order valence-corrected chi connectivity index (χ1v) is 11.1. The molecule has 7 nitrogen and oxygen atoms in total. The Kier molecular flexibility index (Phi) is 5.24. The fraction of sp³-hybridized carbons (Fsp3) is 0.238. The van der Waals surface area contributed by atoms with E-state index in [9.17, 15) is 26.4 Å². The molecule has 1 aliphatic heterocycles. The number of alkyl halides is 3. The summed E-state index contributed by atoms with van der Waals surface area (Å²) in [7, 11) is -4.23. The molecule has 0 saturated heterocycles. The maximum atomic E-state index is 13.3. The summed E-state index contributed by atoms with van der Waals surface area (Å²) in [6, 6.07) is 8.51. The van der Waals surface area contributed by atoms with Gasteiger partial charge in [0.05, 0.1) is 21.8 Å². The van der Waals surface area contributed by atoms with Crippen molar-refractivity contribution < 1.29 is 26.4 Å². The van der Waals surface area contributed by atoms with E-state index in [1.165, 1.54) is 42.2 Å². The highest BCUT2D eigenvalue weighted by Gasteiger charge is 2.33. The second-order valence-corrected chi connectivity index (χ2v) is 9.20. The molecule has 3 aromatic rings. The highest BCUT2D eigenvalue weighted by Crippen LogP contribution is 2.36. The van der Waals surface area contributed by atoms with Gasteiger partial charge in [-0.05, 0) is 61.4 Å². The molecule has 32 heavy (non-hydrogen) atoms. The van der Waals surface area contributed by atoms with E-state index in [1.54, 1.807) is 11.0 Å². The fourth-order valence-corrected chi connectivity index (χ4v) is 4.98. The van der Waals surface area contributed by atoms with Gasteiger partial charge in [-0.1, -0.05) is 0 Å². The molecule has 4 rings (SSSR count). The molecule has 0 spiro atoms. The Morgan fingerprint density at radius 2 is 1.88 bits per heavy atom. The van der Waals surface area contributed by atoms with Gasteiger partial charge in [0.2, 0.25) is 5.91 Å². The Bertz CT molecular complexity index is 1290. The van der Waals surface area contributed by atoms with E-state index in [1.807, 2.05) is 6.92 Å². The van der Waals surface area contributed by atoms with Crippen LogP contribution in [0.2, 0.25) is 0 Å². The van der Waals surface area contributed by atoms with E-state index in [4.69, 9.17) is 0 Å². The maximum Gasteiger partial charge on any atom is 0.416 e. The summed E-state index contributed by atoms with van der Waals surface area (Å²) < 4.78 is 69.5. The van der Waals surface area contributed by atoms with Gasteiger partial charge in [0.15, 0.2) is 0 Å². The summed E-state index contributed by atoms with van der Waals surface area (Å²) >= 11 is 0. The van der Waals surface area contributed by atoms with Crippen molar-refractivity contribution >= 4 is 27.3 Å². The van der Waals surface area contributed by atoms with Gasteiger partial charge in [0.1, 0.15) is 0 Å². The van der Waals surface area contributed by atoms with Crippen LogP contribution in [0.1, 0.15) is 25.0 Å². The molecular formula is C21H19F3N4O3S. The van der Waals surface area contributed by atoms with Crippen molar-refractivity contribution in [3.8, 4) is 5.69 Å². The lowest BCUT2D eigenvalue weighted by atomic mass is 10.1. The Morgan fingerprint density at radius 3 is 2.50 bits per heavy atom. The number of nitrogens with one attached hydrogen (secondary N) is 1. The summed E-state index contributed by atoms with van der Waals surface area (Å²) in [5.41, 5.74) is 0.185. The van der Waals surface area contributed by atoms with Crippen molar-refractivity contribution in [1.82, 2.24) is 9.78 Å². The number of anilines is 2. The van der Waals surface area contributed by atoms with Crippen LogP contribution in [0.25, 0.3) is 5.69 Å². The summed E-state index contributed by atoms with van der Waals surface area (Å²) in [5.74, 6) is -0.155. The van der Waals surface area contributed by atoms with Gasteiger partial charge < -0.3 is 4.90 Å². The lowest BCUT2D eigenvalue weighted by Crippen LogP contribution is -2.33. The third-order valence-electron chi connectivity index (χ3n) is 5.24. The van der Waals surface area contributed by atoms with Crippen LogP contribution in [0.3, 0.4) is 0 Å². The van der Waals surface area contributed by atoms with Crippen molar-refractivity contribution in [2.24, 2.45) is 0 Å². The quantitative estimate of drug-likeness (QED) is 0.633. The molecule has 0 fully saturated rings. The topological polar surface area (TPSA) is 84.3 Å². The lowest BCUT2D eigenvalue weighted by molar-refractivity contribution is -0.137. The van der Waals surface area contributed by atoms with Crippen LogP contribution in [0.15, 0.2) is 59.8 Å². The number of sulfonamides is 1. The first-order chi connectivity index (χ1) is 15.0. The van der Waals surface area contributed by atoms with Gasteiger partial charge in [-0.2, -0.15) is 18.3 Å². The minimum atomic E-state index is -4.65. The predicted molar refractivity (Wildman–Crippen MR) is 112 cm³/mol. The summed E-state index contributed by atoms with van der Waals surface area (Å²) in [4.78, 5) is 13.4. The Labute approximate surface area is 182 Å². The first kappa shape index (κ1) is 21.9. The molecule has 1 aliphatic rings. The molecule has 0 saturated carbocycles. The number of carbonyl (C=O) groups is 1. The Balaban J connectivity index is 1.74. The molecule has 11 heteroatoms. The zero-order valence-corrected chi connectivity index (χ0v) is 17.9. The normalized spacial score (nSPS) is 16.2. The van der Waals surface area contributed by atoms with Gasteiger partial charge in [-0.25, -0.2) is 13.1 Å². The summed E-state index contributed by atoms with van der Waals surface area (Å²) in [6.45, 7) is 3.29. The van der Waals surface area contributed by atoms with Crippen molar-refractivity contribution in [2.45, 2.75) is 37.4 Å². The van der Waals surface area contributed by atoms with Crippen LogP contribution >= 0.6 is 0 Å². The van der Waals surface area contributed by atoms with Crippen molar-refractivity contribution in [2.75, 3.05) is 9.62 Å². The number of rotatable bonds is 4. The number of amides is 1. The second-order valence-electron chi connectivity index (χ2n) is 7.52. The smallest absolute Gasteiger partial charge is 0.309 e. The number of fused-ring (bicyclic) bond motifs is 1. The number of hydrogen-bond donors (Lipinski definition) is 1. The van der Waals surface area contributed by atoms with Gasteiger partial charge in [0, 0.05) is 31.0 Å². The Hall–Kier alpha value is -3.34. The standard InChI is InChI=1S/C21H19F3N4O3S/c1-13-10-15-11-17(5-7-19(15)28(13)14(2)29)32(30,31)26-18-12-16(21(22,23)24)4-6-20(18)27-9-3-8-25-27/h3-9,11-13,26H,10H2,1-2H3. The average Bonchev–Trinajstić information content (AvgIpc) is 3.33. The van der Waals surface area contributed by atoms with Crippen LogP contribution in [-0.4, -0.2) is 30.1 Å².